The van der Waals surface area contributed by atoms with Crippen molar-refractivity contribution < 1.29 is 0 Å². The van der Waals surface area contributed by atoms with Crippen LogP contribution in [0, 0.1) is 0 Å². The molecule has 84 valence electrons. The minimum Gasteiger partial charge on any atom is -0.382 e. The monoisotopic (exact) mass is 225 g/mol. The number of benzene rings is 1. The molecule has 0 heterocycles. The number of hydrogen-bond donors (Lipinski definition) is 1. The lowest BCUT2D eigenvalue weighted by Gasteiger charge is -2.18. The Hall–Kier alpha value is -0.690. The lowest BCUT2D eigenvalue weighted by atomic mass is 10.1. The maximum absolute atomic E-state index is 5.84. The number of rotatable bonds is 6. The summed E-state index contributed by atoms with van der Waals surface area (Å²) in [6.07, 6.45) is 4.92. The van der Waals surface area contributed by atoms with Crippen molar-refractivity contribution in [2.75, 3.05) is 5.32 Å². The van der Waals surface area contributed by atoms with Crippen LogP contribution in [0.2, 0.25) is 5.02 Å². The Balaban J connectivity index is 2.53. The molecule has 0 saturated carbocycles. The number of halogens is 1. The molecule has 0 saturated heterocycles. The first-order valence-corrected chi connectivity index (χ1v) is 6.16. The van der Waals surface area contributed by atoms with E-state index in [4.69, 9.17) is 11.6 Å². The van der Waals surface area contributed by atoms with Crippen LogP contribution in [-0.2, 0) is 0 Å². The fraction of sp³-hybridized carbons (Fsp3) is 0.538. The maximum atomic E-state index is 5.84. The Morgan fingerprint density at radius 1 is 1.07 bits per heavy atom. The fourth-order valence-corrected chi connectivity index (χ4v) is 1.89. The highest BCUT2D eigenvalue weighted by molar-refractivity contribution is 6.30. The molecule has 0 unspecified atom stereocenters. The number of hydrogen-bond acceptors (Lipinski definition) is 1. The highest BCUT2D eigenvalue weighted by Crippen LogP contribution is 2.17. The highest BCUT2D eigenvalue weighted by atomic mass is 35.5. The molecule has 0 aromatic heterocycles. The zero-order valence-electron chi connectivity index (χ0n) is 9.59. The first-order valence-electron chi connectivity index (χ1n) is 5.78. The van der Waals surface area contributed by atoms with Crippen LogP contribution in [0.25, 0.3) is 0 Å². The van der Waals surface area contributed by atoms with E-state index in [0.29, 0.717) is 6.04 Å². The quantitative estimate of drug-likeness (QED) is 0.739. The summed E-state index contributed by atoms with van der Waals surface area (Å²) in [5, 5.41) is 4.34. The fourth-order valence-electron chi connectivity index (χ4n) is 1.77. The van der Waals surface area contributed by atoms with E-state index in [1.807, 2.05) is 24.3 Å². The second-order valence-corrected chi connectivity index (χ2v) is 4.36. The lowest BCUT2D eigenvalue weighted by Crippen LogP contribution is -2.18. The summed E-state index contributed by atoms with van der Waals surface area (Å²) in [7, 11) is 0. The van der Waals surface area contributed by atoms with Crippen molar-refractivity contribution in [3.63, 3.8) is 0 Å². The zero-order valence-corrected chi connectivity index (χ0v) is 10.3. The molecule has 1 nitrogen and oxygen atoms in total. The van der Waals surface area contributed by atoms with Gasteiger partial charge in [0.05, 0.1) is 0 Å². The van der Waals surface area contributed by atoms with Gasteiger partial charge in [-0.05, 0) is 37.1 Å². The minimum atomic E-state index is 0.598. The molecular formula is C13H20ClN. The molecule has 1 aromatic rings. The molecule has 0 spiro atoms. The van der Waals surface area contributed by atoms with Crippen molar-refractivity contribution in [2.45, 2.75) is 45.6 Å². The van der Waals surface area contributed by atoms with E-state index < -0.39 is 0 Å². The van der Waals surface area contributed by atoms with Gasteiger partial charge in [0.1, 0.15) is 0 Å². The minimum absolute atomic E-state index is 0.598. The van der Waals surface area contributed by atoms with E-state index in [1.54, 1.807) is 0 Å². The second kappa shape index (κ2) is 6.73. The topological polar surface area (TPSA) is 12.0 Å². The highest BCUT2D eigenvalue weighted by Gasteiger charge is 2.05. The third-order valence-electron chi connectivity index (χ3n) is 2.49. The predicted octanol–water partition coefficient (Wildman–Crippen LogP) is 4.72. The molecule has 0 fully saturated rings. The van der Waals surface area contributed by atoms with Crippen molar-refractivity contribution in [3.8, 4) is 0 Å². The smallest absolute Gasteiger partial charge is 0.0407 e. The average Bonchev–Trinajstić information content (AvgIpc) is 2.22. The van der Waals surface area contributed by atoms with E-state index in [9.17, 15) is 0 Å². The van der Waals surface area contributed by atoms with E-state index in [1.165, 1.54) is 31.4 Å². The molecule has 0 bridgehead atoms. The molecule has 0 atom stereocenters. The first kappa shape index (κ1) is 12.4. The molecule has 0 aliphatic carbocycles. The van der Waals surface area contributed by atoms with Crippen LogP contribution < -0.4 is 5.32 Å². The summed E-state index contributed by atoms with van der Waals surface area (Å²) in [6.45, 7) is 4.46. The summed E-state index contributed by atoms with van der Waals surface area (Å²) < 4.78 is 0. The molecule has 0 aliphatic heterocycles. The van der Waals surface area contributed by atoms with Gasteiger partial charge in [-0.1, -0.05) is 38.3 Å². The van der Waals surface area contributed by atoms with Crippen molar-refractivity contribution in [3.05, 3.63) is 29.3 Å². The second-order valence-electron chi connectivity index (χ2n) is 3.93. The summed E-state index contributed by atoms with van der Waals surface area (Å²) in [4.78, 5) is 0. The molecule has 1 N–H and O–H groups in total. The Bertz CT molecular complexity index is 262. The zero-order chi connectivity index (χ0) is 11.1. The van der Waals surface area contributed by atoms with Crippen LogP contribution in [0.5, 0.6) is 0 Å². The standard InChI is InChI=1S/C13H20ClN/c1-3-5-12(6-4-2)15-13-9-7-11(14)8-10-13/h7-10,12,15H,3-6H2,1-2H3. The van der Waals surface area contributed by atoms with Gasteiger partial charge in [-0.15, -0.1) is 0 Å². The van der Waals surface area contributed by atoms with Crippen molar-refractivity contribution in [1.29, 1.82) is 0 Å². The SMILES string of the molecule is CCCC(CCC)Nc1ccc(Cl)cc1. The summed E-state index contributed by atoms with van der Waals surface area (Å²) >= 11 is 5.84. The summed E-state index contributed by atoms with van der Waals surface area (Å²) in [5.41, 5.74) is 1.17. The van der Waals surface area contributed by atoms with Crippen LogP contribution in [0.15, 0.2) is 24.3 Å². The Morgan fingerprint density at radius 3 is 2.07 bits per heavy atom. The van der Waals surface area contributed by atoms with Gasteiger partial charge >= 0.3 is 0 Å². The van der Waals surface area contributed by atoms with Crippen LogP contribution in [0.1, 0.15) is 39.5 Å². The molecule has 2 heteroatoms. The Kier molecular flexibility index (Phi) is 5.56. The molecule has 1 aromatic carbocycles. The molecule has 0 amide bonds. The number of nitrogens with one attached hydrogen (secondary N) is 1. The third kappa shape index (κ3) is 4.57. The van der Waals surface area contributed by atoms with Crippen molar-refractivity contribution in [1.82, 2.24) is 0 Å². The molecule has 1 rings (SSSR count). The molecule has 15 heavy (non-hydrogen) atoms. The maximum Gasteiger partial charge on any atom is 0.0407 e. The Morgan fingerprint density at radius 2 is 1.60 bits per heavy atom. The number of anilines is 1. The van der Waals surface area contributed by atoms with Gasteiger partial charge < -0.3 is 5.32 Å². The predicted molar refractivity (Wildman–Crippen MR) is 68.7 cm³/mol. The van der Waals surface area contributed by atoms with Gasteiger partial charge in [0.2, 0.25) is 0 Å². The first-order chi connectivity index (χ1) is 7.26. The van der Waals surface area contributed by atoms with Crippen LogP contribution in [-0.4, -0.2) is 6.04 Å². The molecule has 0 aliphatic rings. The van der Waals surface area contributed by atoms with Crippen LogP contribution in [0.4, 0.5) is 5.69 Å². The van der Waals surface area contributed by atoms with E-state index in [2.05, 4.69) is 19.2 Å². The summed E-state index contributed by atoms with van der Waals surface area (Å²) in [6, 6.07) is 8.54. The Labute approximate surface area is 97.8 Å². The largest absolute Gasteiger partial charge is 0.382 e. The van der Waals surface area contributed by atoms with E-state index in [-0.39, 0.29) is 0 Å². The van der Waals surface area contributed by atoms with Crippen molar-refractivity contribution >= 4 is 17.3 Å². The van der Waals surface area contributed by atoms with Gasteiger partial charge in [0.15, 0.2) is 0 Å². The normalized spacial score (nSPS) is 10.7. The molecule has 0 radical (unpaired) electrons. The van der Waals surface area contributed by atoms with Gasteiger partial charge in [-0.2, -0.15) is 0 Å². The van der Waals surface area contributed by atoms with E-state index in [0.717, 1.165) is 5.02 Å². The third-order valence-corrected chi connectivity index (χ3v) is 2.74. The van der Waals surface area contributed by atoms with Crippen LogP contribution in [0.3, 0.4) is 0 Å². The lowest BCUT2D eigenvalue weighted by molar-refractivity contribution is 0.586. The van der Waals surface area contributed by atoms with Crippen LogP contribution >= 0.6 is 11.6 Å². The average molecular weight is 226 g/mol. The summed E-state index contributed by atoms with van der Waals surface area (Å²) in [5.74, 6) is 0. The van der Waals surface area contributed by atoms with Gasteiger partial charge in [-0.3, -0.25) is 0 Å². The van der Waals surface area contributed by atoms with Gasteiger partial charge in [0, 0.05) is 16.8 Å². The van der Waals surface area contributed by atoms with Gasteiger partial charge in [0.25, 0.3) is 0 Å². The van der Waals surface area contributed by atoms with E-state index >= 15 is 0 Å². The van der Waals surface area contributed by atoms with Crippen molar-refractivity contribution in [2.24, 2.45) is 0 Å². The molecular weight excluding hydrogens is 206 g/mol. The van der Waals surface area contributed by atoms with Gasteiger partial charge in [-0.25, -0.2) is 0 Å².